The fourth-order valence-electron chi connectivity index (χ4n) is 1.80. The maximum absolute atomic E-state index is 9.12. The molecule has 0 saturated heterocycles. The second kappa shape index (κ2) is 9.59. The van der Waals surface area contributed by atoms with Crippen LogP contribution >= 0.6 is 0 Å². The highest BCUT2D eigenvalue weighted by molar-refractivity contribution is 5.19. The molecule has 4 nitrogen and oxygen atoms in total. The van der Waals surface area contributed by atoms with Crippen molar-refractivity contribution in [2.75, 3.05) is 13.2 Å². The van der Waals surface area contributed by atoms with Crippen molar-refractivity contribution < 1.29 is 4.74 Å². The predicted molar refractivity (Wildman–Crippen MR) is 76.2 cm³/mol. The van der Waals surface area contributed by atoms with Crippen molar-refractivity contribution in [3.05, 3.63) is 35.9 Å². The zero-order chi connectivity index (χ0) is 14.6. The lowest BCUT2D eigenvalue weighted by Gasteiger charge is -2.21. The van der Waals surface area contributed by atoms with E-state index in [1.165, 1.54) is 0 Å². The molecule has 2 atom stereocenters. The summed E-state index contributed by atoms with van der Waals surface area (Å²) in [5, 5.41) is 20.9. The summed E-state index contributed by atoms with van der Waals surface area (Å²) in [5.74, 6) is 2.42. The molecule has 0 amide bonds. The van der Waals surface area contributed by atoms with E-state index in [0.717, 1.165) is 5.56 Å². The van der Waals surface area contributed by atoms with Crippen LogP contribution in [0, 0.1) is 35.0 Å². The molecule has 1 rings (SSSR count). The summed E-state index contributed by atoms with van der Waals surface area (Å²) in [4.78, 5) is 0. The van der Waals surface area contributed by atoms with Gasteiger partial charge in [-0.2, -0.15) is 10.5 Å². The van der Waals surface area contributed by atoms with Crippen LogP contribution in [0.3, 0.4) is 0 Å². The molecule has 0 radical (unpaired) electrons. The standard InChI is InChI=1S/C16H17N3O/c1-2-11-20-13-16(14-7-4-3-5-8-14)19-15(12-18)9-6-10-17/h1,3-5,7-8,15-16,19H,6,9,11,13H2/t15-,16-/m0/s1. The highest BCUT2D eigenvalue weighted by atomic mass is 16.5. The molecule has 102 valence electrons. The molecule has 0 saturated carbocycles. The first-order chi connectivity index (χ1) is 9.81. The summed E-state index contributed by atoms with van der Waals surface area (Å²) >= 11 is 0. The fraction of sp³-hybridized carbons (Fsp3) is 0.375. The number of terminal acetylenes is 1. The van der Waals surface area contributed by atoms with Crippen molar-refractivity contribution in [2.45, 2.75) is 24.9 Å². The minimum absolute atomic E-state index is 0.118. The smallest absolute Gasteiger partial charge is 0.107 e. The Hall–Kier alpha value is -2.32. The van der Waals surface area contributed by atoms with Crippen LogP contribution in [0.2, 0.25) is 0 Å². The Bertz CT molecular complexity index is 507. The average molecular weight is 267 g/mol. The molecule has 0 aliphatic carbocycles. The molecule has 0 fully saturated rings. The van der Waals surface area contributed by atoms with Gasteiger partial charge in [0.15, 0.2) is 0 Å². The number of ether oxygens (including phenoxy) is 1. The van der Waals surface area contributed by atoms with Crippen LogP contribution < -0.4 is 5.32 Å². The first kappa shape index (κ1) is 15.7. The average Bonchev–Trinajstić information content (AvgIpc) is 2.50. The van der Waals surface area contributed by atoms with Gasteiger partial charge in [-0.3, -0.25) is 5.32 Å². The van der Waals surface area contributed by atoms with E-state index in [9.17, 15) is 0 Å². The number of nitriles is 2. The Morgan fingerprint density at radius 1 is 1.25 bits per heavy atom. The van der Waals surface area contributed by atoms with E-state index in [0.29, 0.717) is 19.4 Å². The minimum Gasteiger partial charge on any atom is -0.367 e. The molecule has 1 N–H and O–H groups in total. The van der Waals surface area contributed by atoms with Gasteiger partial charge in [0.05, 0.1) is 30.8 Å². The largest absolute Gasteiger partial charge is 0.367 e. The van der Waals surface area contributed by atoms with Crippen LogP contribution in [0.1, 0.15) is 24.4 Å². The minimum atomic E-state index is -0.380. The Labute approximate surface area is 120 Å². The maximum atomic E-state index is 9.12. The molecule has 1 aromatic rings. The summed E-state index contributed by atoms with van der Waals surface area (Å²) < 4.78 is 5.38. The number of rotatable bonds is 8. The number of hydrogen-bond acceptors (Lipinski definition) is 4. The highest BCUT2D eigenvalue weighted by Gasteiger charge is 2.16. The summed E-state index contributed by atoms with van der Waals surface area (Å²) in [5.41, 5.74) is 1.03. The van der Waals surface area contributed by atoms with Crippen molar-refractivity contribution >= 4 is 0 Å². The molecule has 0 bridgehead atoms. The van der Waals surface area contributed by atoms with Gasteiger partial charge in [-0.1, -0.05) is 36.3 Å². The van der Waals surface area contributed by atoms with E-state index in [-0.39, 0.29) is 18.7 Å². The van der Waals surface area contributed by atoms with Crippen LogP contribution in [0.4, 0.5) is 0 Å². The van der Waals surface area contributed by atoms with Crippen LogP contribution in [0.5, 0.6) is 0 Å². The van der Waals surface area contributed by atoms with Gasteiger partial charge in [-0.25, -0.2) is 0 Å². The van der Waals surface area contributed by atoms with Gasteiger partial charge >= 0.3 is 0 Å². The van der Waals surface area contributed by atoms with E-state index in [1.54, 1.807) is 0 Å². The molecule has 0 spiro atoms. The Kier molecular flexibility index (Phi) is 7.55. The normalized spacial score (nSPS) is 12.7. The van der Waals surface area contributed by atoms with Gasteiger partial charge in [0.25, 0.3) is 0 Å². The second-order valence-electron chi connectivity index (χ2n) is 4.23. The van der Waals surface area contributed by atoms with E-state index in [4.69, 9.17) is 21.7 Å². The zero-order valence-corrected chi connectivity index (χ0v) is 11.2. The fourth-order valence-corrected chi connectivity index (χ4v) is 1.80. The van der Waals surface area contributed by atoms with Gasteiger partial charge in [0.2, 0.25) is 0 Å². The molecular weight excluding hydrogens is 250 g/mol. The van der Waals surface area contributed by atoms with Crippen molar-refractivity contribution in [1.29, 1.82) is 10.5 Å². The Balaban J connectivity index is 2.70. The molecular formula is C16H17N3O. The first-order valence-corrected chi connectivity index (χ1v) is 6.40. The summed E-state index contributed by atoms with van der Waals surface area (Å²) in [6, 6.07) is 13.5. The van der Waals surface area contributed by atoms with Crippen molar-refractivity contribution in [1.82, 2.24) is 5.32 Å². The summed E-state index contributed by atoms with van der Waals surface area (Å²) in [7, 11) is 0. The van der Waals surface area contributed by atoms with E-state index in [1.807, 2.05) is 36.4 Å². The van der Waals surface area contributed by atoms with E-state index in [2.05, 4.69) is 17.3 Å². The van der Waals surface area contributed by atoms with E-state index >= 15 is 0 Å². The van der Waals surface area contributed by atoms with Crippen LogP contribution in [0.25, 0.3) is 0 Å². The SMILES string of the molecule is C#CCOC[C@H](N[C@H](C#N)CCC#N)c1ccccc1. The van der Waals surface area contributed by atoms with Gasteiger partial charge in [0.1, 0.15) is 6.61 Å². The third-order valence-electron chi connectivity index (χ3n) is 2.77. The topological polar surface area (TPSA) is 68.8 Å². The first-order valence-electron chi connectivity index (χ1n) is 6.40. The van der Waals surface area contributed by atoms with Gasteiger partial charge < -0.3 is 4.74 Å². The van der Waals surface area contributed by atoms with Crippen LogP contribution in [0.15, 0.2) is 30.3 Å². The third kappa shape index (κ3) is 5.55. The van der Waals surface area contributed by atoms with Crippen molar-refractivity contribution in [3.63, 3.8) is 0 Å². The second-order valence-corrected chi connectivity index (χ2v) is 4.23. The lowest BCUT2D eigenvalue weighted by molar-refractivity contribution is 0.137. The molecule has 1 aromatic carbocycles. The van der Waals surface area contributed by atoms with Gasteiger partial charge in [0, 0.05) is 6.42 Å². The van der Waals surface area contributed by atoms with Crippen LogP contribution in [-0.4, -0.2) is 19.3 Å². The number of hydrogen-bond donors (Lipinski definition) is 1. The molecule has 0 heterocycles. The molecule has 20 heavy (non-hydrogen) atoms. The number of benzene rings is 1. The van der Waals surface area contributed by atoms with E-state index < -0.39 is 0 Å². The lowest BCUT2D eigenvalue weighted by Crippen LogP contribution is -2.34. The van der Waals surface area contributed by atoms with Crippen LogP contribution in [-0.2, 0) is 4.74 Å². The monoisotopic (exact) mass is 267 g/mol. The number of nitrogens with one attached hydrogen (secondary N) is 1. The number of nitrogens with zero attached hydrogens (tertiary/aromatic N) is 2. The van der Waals surface area contributed by atoms with Crippen molar-refractivity contribution in [3.8, 4) is 24.5 Å². The van der Waals surface area contributed by atoms with Gasteiger partial charge in [-0.05, 0) is 12.0 Å². The lowest BCUT2D eigenvalue weighted by atomic mass is 10.1. The highest BCUT2D eigenvalue weighted by Crippen LogP contribution is 2.15. The third-order valence-corrected chi connectivity index (χ3v) is 2.77. The molecule has 0 aromatic heterocycles. The zero-order valence-electron chi connectivity index (χ0n) is 11.2. The maximum Gasteiger partial charge on any atom is 0.107 e. The van der Waals surface area contributed by atoms with Crippen molar-refractivity contribution in [2.24, 2.45) is 0 Å². The summed E-state index contributed by atoms with van der Waals surface area (Å²) in [6.45, 7) is 0.624. The quantitative estimate of drug-likeness (QED) is 0.579. The molecule has 0 aliphatic heterocycles. The summed E-state index contributed by atoms with van der Waals surface area (Å²) in [6.07, 6.45) is 6.00. The molecule has 4 heteroatoms. The Morgan fingerprint density at radius 3 is 2.60 bits per heavy atom. The molecule has 0 aliphatic rings. The Morgan fingerprint density at radius 2 is 2.00 bits per heavy atom. The van der Waals surface area contributed by atoms with Gasteiger partial charge in [-0.15, -0.1) is 6.42 Å². The predicted octanol–water partition coefficient (Wildman–Crippen LogP) is 2.16. The molecule has 0 unspecified atom stereocenters.